The Kier molecular flexibility index (Phi) is 8.49. The van der Waals surface area contributed by atoms with Gasteiger partial charge in [0.15, 0.2) is 0 Å². The molecule has 7 nitrogen and oxygen atoms in total. The van der Waals surface area contributed by atoms with Gasteiger partial charge in [-0.1, -0.05) is 18.6 Å². The highest BCUT2D eigenvalue weighted by Crippen LogP contribution is 2.40. The van der Waals surface area contributed by atoms with E-state index in [9.17, 15) is 4.79 Å². The van der Waals surface area contributed by atoms with Crippen molar-refractivity contribution in [3.8, 4) is 0 Å². The van der Waals surface area contributed by atoms with E-state index in [0.717, 1.165) is 81.7 Å². The molecule has 1 saturated carbocycles. The van der Waals surface area contributed by atoms with Crippen LogP contribution in [0.1, 0.15) is 87.1 Å². The molecule has 2 fully saturated rings. The zero-order valence-corrected chi connectivity index (χ0v) is 21.5. The second-order valence-corrected chi connectivity index (χ2v) is 10.4. The molecule has 0 bridgehead atoms. The average molecular weight is 493 g/mol. The zero-order valence-electron chi connectivity index (χ0n) is 21.5. The number of anilines is 1. The number of unbranched alkanes of at least 4 members (excludes halogenated alkanes) is 1. The molecule has 0 radical (unpaired) electrons. The minimum absolute atomic E-state index is 0.162. The molecular formula is C29H40N4O3. The van der Waals surface area contributed by atoms with Crippen LogP contribution >= 0.6 is 0 Å². The molecule has 3 aliphatic rings. The van der Waals surface area contributed by atoms with E-state index in [4.69, 9.17) is 14.5 Å². The molecule has 7 heteroatoms. The van der Waals surface area contributed by atoms with E-state index in [0.29, 0.717) is 18.6 Å². The van der Waals surface area contributed by atoms with Crippen molar-refractivity contribution in [2.45, 2.75) is 88.8 Å². The molecule has 3 atom stereocenters. The van der Waals surface area contributed by atoms with Gasteiger partial charge in [0.1, 0.15) is 11.9 Å². The normalized spacial score (nSPS) is 22.9. The number of hydrogen-bond acceptors (Lipinski definition) is 7. The van der Waals surface area contributed by atoms with Crippen molar-refractivity contribution in [1.29, 1.82) is 0 Å². The third-order valence-electron chi connectivity index (χ3n) is 8.00. The van der Waals surface area contributed by atoms with Gasteiger partial charge in [-0.05, 0) is 76.0 Å². The van der Waals surface area contributed by atoms with E-state index in [2.05, 4.69) is 27.3 Å². The third kappa shape index (κ3) is 5.89. The summed E-state index contributed by atoms with van der Waals surface area (Å²) in [6, 6.07) is 8.31. The van der Waals surface area contributed by atoms with E-state index in [1.54, 1.807) is 0 Å². The highest BCUT2D eigenvalue weighted by atomic mass is 16.5. The smallest absolute Gasteiger partial charge is 0.328 e. The van der Waals surface area contributed by atoms with Crippen LogP contribution in [0.4, 0.5) is 5.82 Å². The van der Waals surface area contributed by atoms with Gasteiger partial charge < -0.3 is 14.8 Å². The third-order valence-corrected chi connectivity index (χ3v) is 8.00. The predicted octanol–water partition coefficient (Wildman–Crippen LogP) is 5.04. The van der Waals surface area contributed by atoms with Crippen LogP contribution in [0.2, 0.25) is 0 Å². The highest BCUT2D eigenvalue weighted by Gasteiger charge is 2.38. The molecule has 0 spiro atoms. The minimum Gasteiger partial charge on any atom is -0.465 e. The van der Waals surface area contributed by atoms with Gasteiger partial charge in [-0.2, -0.15) is 0 Å². The van der Waals surface area contributed by atoms with Crippen molar-refractivity contribution in [2.75, 3.05) is 31.6 Å². The monoisotopic (exact) mass is 492 g/mol. The summed E-state index contributed by atoms with van der Waals surface area (Å²) < 4.78 is 11.8. The molecule has 5 rings (SSSR count). The van der Waals surface area contributed by atoms with Crippen LogP contribution in [-0.4, -0.2) is 59.3 Å². The maximum Gasteiger partial charge on any atom is 0.328 e. The maximum atomic E-state index is 13.1. The first kappa shape index (κ1) is 25.2. The number of likely N-dealkylation sites (tertiary alicyclic amines) is 1. The Morgan fingerprint density at radius 2 is 2.00 bits per heavy atom. The first-order valence-electron chi connectivity index (χ1n) is 13.9. The van der Waals surface area contributed by atoms with Crippen molar-refractivity contribution in [2.24, 2.45) is 0 Å². The molecule has 0 amide bonds. The summed E-state index contributed by atoms with van der Waals surface area (Å²) in [6.45, 7) is 4.63. The Bertz CT molecular complexity index is 1010. The Balaban J connectivity index is 1.10. The van der Waals surface area contributed by atoms with E-state index in [1.807, 2.05) is 31.5 Å². The fraction of sp³-hybridized carbons (Fsp3) is 0.621. The van der Waals surface area contributed by atoms with Crippen molar-refractivity contribution < 1.29 is 14.3 Å². The average Bonchev–Trinajstić information content (AvgIpc) is 3.32. The van der Waals surface area contributed by atoms with Crippen LogP contribution in [0.15, 0.2) is 36.7 Å². The second kappa shape index (κ2) is 12.2. The van der Waals surface area contributed by atoms with Crippen LogP contribution in [0.3, 0.4) is 0 Å². The van der Waals surface area contributed by atoms with Crippen molar-refractivity contribution >= 4 is 11.8 Å². The van der Waals surface area contributed by atoms with Gasteiger partial charge in [-0.25, -0.2) is 9.78 Å². The fourth-order valence-electron chi connectivity index (χ4n) is 5.83. The molecular weight excluding hydrogens is 452 g/mol. The van der Waals surface area contributed by atoms with Gasteiger partial charge in [-0.3, -0.25) is 9.88 Å². The van der Waals surface area contributed by atoms with Gasteiger partial charge in [-0.15, -0.1) is 0 Å². The number of carbonyl (C=O) groups excluding carboxylic acids is 1. The molecule has 1 aliphatic carbocycles. The second-order valence-electron chi connectivity index (χ2n) is 10.4. The number of carbonyl (C=O) groups is 1. The summed E-state index contributed by atoms with van der Waals surface area (Å²) in [7, 11) is 0. The first-order valence-corrected chi connectivity index (χ1v) is 13.9. The quantitative estimate of drug-likeness (QED) is 0.348. The highest BCUT2D eigenvalue weighted by molar-refractivity contribution is 5.78. The number of aryl methyl sites for hydroxylation is 1. The Morgan fingerprint density at radius 3 is 2.83 bits per heavy atom. The number of nitrogens with one attached hydrogen (secondary N) is 1. The van der Waals surface area contributed by atoms with Crippen LogP contribution in [0.25, 0.3) is 0 Å². The lowest BCUT2D eigenvalue weighted by Crippen LogP contribution is -2.36. The topological polar surface area (TPSA) is 76.6 Å². The summed E-state index contributed by atoms with van der Waals surface area (Å²) in [6.07, 6.45) is 14.0. The summed E-state index contributed by atoms with van der Waals surface area (Å²) >= 11 is 0. The molecule has 2 aliphatic heterocycles. The van der Waals surface area contributed by atoms with Gasteiger partial charge in [0, 0.05) is 55.3 Å². The number of ether oxygens (including phenoxy) is 2. The lowest BCUT2D eigenvalue weighted by molar-refractivity contribution is -0.149. The van der Waals surface area contributed by atoms with Crippen LogP contribution in [0, 0.1) is 0 Å². The number of rotatable bonds is 11. The molecule has 4 heterocycles. The van der Waals surface area contributed by atoms with Crippen molar-refractivity contribution in [3.05, 3.63) is 53.5 Å². The van der Waals surface area contributed by atoms with Gasteiger partial charge >= 0.3 is 5.97 Å². The molecule has 36 heavy (non-hydrogen) atoms. The van der Waals surface area contributed by atoms with Crippen LogP contribution < -0.4 is 5.32 Å². The lowest BCUT2D eigenvalue weighted by atomic mass is 9.80. The maximum absolute atomic E-state index is 13.1. The Morgan fingerprint density at radius 1 is 1.14 bits per heavy atom. The summed E-state index contributed by atoms with van der Waals surface area (Å²) in [5.74, 6) is 1.36. The minimum atomic E-state index is -0.392. The fourth-order valence-corrected chi connectivity index (χ4v) is 5.83. The zero-order chi connectivity index (χ0) is 24.7. The number of fused-ring (bicyclic) bond motifs is 1. The molecule has 1 saturated heterocycles. The number of hydrogen-bond donors (Lipinski definition) is 1. The molecule has 2 aromatic heterocycles. The standard InChI is InChI=1S/C29H40N4O3/c1-2-35-29(34)27(25-12-7-16-30-26(25)21-8-5-9-21)33-18-15-24(20-33)36-19-4-3-11-23-14-13-22-10-6-17-31-28(22)32-23/h6-7,10,12,16-17,21,23-24,27H,2-5,8-9,11,13-15,18-20H2,1H3,(H,31,32)/t23-,24-,27?/m1/s1. The van der Waals surface area contributed by atoms with Gasteiger partial charge in [0.05, 0.1) is 12.7 Å². The largest absolute Gasteiger partial charge is 0.465 e. The van der Waals surface area contributed by atoms with E-state index in [-0.39, 0.29) is 12.1 Å². The summed E-state index contributed by atoms with van der Waals surface area (Å²) in [5.41, 5.74) is 3.44. The molecule has 2 aromatic rings. The summed E-state index contributed by atoms with van der Waals surface area (Å²) in [4.78, 5) is 24.5. The molecule has 194 valence electrons. The molecule has 0 aromatic carbocycles. The molecule has 1 N–H and O–H groups in total. The predicted molar refractivity (Wildman–Crippen MR) is 140 cm³/mol. The molecule has 1 unspecified atom stereocenters. The van der Waals surface area contributed by atoms with E-state index < -0.39 is 6.04 Å². The van der Waals surface area contributed by atoms with E-state index >= 15 is 0 Å². The SMILES string of the molecule is CCOC(=O)C(c1cccnc1C1CCC1)N1CC[C@@H](OCCCC[C@@H]2CCc3cccnc3N2)C1. The first-order chi connectivity index (χ1) is 17.7. The van der Waals surface area contributed by atoms with Gasteiger partial charge in [0.2, 0.25) is 0 Å². The number of aromatic nitrogens is 2. The van der Waals surface area contributed by atoms with Crippen molar-refractivity contribution in [3.63, 3.8) is 0 Å². The van der Waals surface area contributed by atoms with Crippen LogP contribution in [0.5, 0.6) is 0 Å². The summed E-state index contributed by atoms with van der Waals surface area (Å²) in [5, 5.41) is 3.60. The lowest BCUT2D eigenvalue weighted by Gasteiger charge is -2.32. The Labute approximate surface area is 215 Å². The number of nitrogens with zero attached hydrogens (tertiary/aromatic N) is 3. The van der Waals surface area contributed by atoms with Crippen LogP contribution in [-0.2, 0) is 20.7 Å². The van der Waals surface area contributed by atoms with E-state index in [1.165, 1.54) is 18.4 Å². The van der Waals surface area contributed by atoms with Crippen molar-refractivity contribution in [1.82, 2.24) is 14.9 Å². The number of pyridine rings is 2. The van der Waals surface area contributed by atoms with Gasteiger partial charge in [0.25, 0.3) is 0 Å². The Hall–Kier alpha value is -2.51. The number of esters is 1.